The molecule has 7 heteroatoms. The van der Waals surface area contributed by atoms with Gasteiger partial charge in [0.25, 0.3) is 0 Å². The Hall–Kier alpha value is -1.66. The fraction of sp³-hybridized carbons (Fsp3) is 0.467. The first kappa shape index (κ1) is 16.7. The predicted molar refractivity (Wildman–Crippen MR) is 87.3 cm³/mol. The maximum absolute atomic E-state index is 13.2. The number of aryl methyl sites for hydroxylation is 2. The summed E-state index contributed by atoms with van der Waals surface area (Å²) >= 11 is 0. The molecule has 1 aliphatic rings. The SMILES string of the molecule is CCn1c(NC(=O)[C@H]2C[C@H](F)CN2)nc2cc(C)ccc21.Cl. The molecule has 0 bridgehead atoms. The molecule has 120 valence electrons. The summed E-state index contributed by atoms with van der Waals surface area (Å²) in [7, 11) is 0. The van der Waals surface area contributed by atoms with E-state index in [1.807, 2.05) is 36.6 Å². The zero-order valence-electron chi connectivity index (χ0n) is 12.6. The zero-order chi connectivity index (χ0) is 15.0. The Bertz CT molecular complexity index is 687. The van der Waals surface area contributed by atoms with Crippen molar-refractivity contribution >= 4 is 35.3 Å². The number of carbonyl (C=O) groups is 1. The van der Waals surface area contributed by atoms with Gasteiger partial charge in [0.1, 0.15) is 6.17 Å². The largest absolute Gasteiger partial charge is 0.310 e. The lowest BCUT2D eigenvalue weighted by atomic mass is 10.2. The summed E-state index contributed by atoms with van der Waals surface area (Å²) in [6.45, 7) is 4.95. The topological polar surface area (TPSA) is 59.0 Å². The molecule has 2 atom stereocenters. The third-order valence-electron chi connectivity index (χ3n) is 3.85. The van der Waals surface area contributed by atoms with E-state index in [0.29, 0.717) is 12.5 Å². The third-order valence-corrected chi connectivity index (χ3v) is 3.85. The van der Waals surface area contributed by atoms with Gasteiger partial charge in [-0.05, 0) is 31.5 Å². The van der Waals surface area contributed by atoms with E-state index in [4.69, 9.17) is 0 Å². The number of alkyl halides is 1. The standard InChI is InChI=1S/C15H19FN4O.ClH/c1-3-20-13-5-4-9(2)6-11(13)18-15(20)19-14(21)12-7-10(16)8-17-12;/h4-6,10,12,17H,3,7-8H2,1-2H3,(H,18,19,21);1H/t10-,12+;/m0./s1. The quantitative estimate of drug-likeness (QED) is 0.910. The molecule has 1 saturated heterocycles. The minimum Gasteiger partial charge on any atom is -0.310 e. The molecule has 1 aromatic heterocycles. The molecule has 2 N–H and O–H groups in total. The van der Waals surface area contributed by atoms with Crippen LogP contribution < -0.4 is 10.6 Å². The number of fused-ring (bicyclic) bond motifs is 1. The van der Waals surface area contributed by atoms with Crippen molar-refractivity contribution in [3.8, 4) is 0 Å². The van der Waals surface area contributed by atoms with Crippen LogP contribution in [0.15, 0.2) is 18.2 Å². The van der Waals surface area contributed by atoms with Crippen LogP contribution in [0, 0.1) is 6.92 Å². The summed E-state index contributed by atoms with van der Waals surface area (Å²) in [6.07, 6.45) is -0.731. The Labute approximate surface area is 134 Å². The van der Waals surface area contributed by atoms with Crippen molar-refractivity contribution in [3.05, 3.63) is 23.8 Å². The van der Waals surface area contributed by atoms with Gasteiger partial charge in [-0.25, -0.2) is 9.37 Å². The second-order valence-corrected chi connectivity index (χ2v) is 5.45. The number of aromatic nitrogens is 2. The van der Waals surface area contributed by atoms with Crippen molar-refractivity contribution in [2.45, 2.75) is 39.0 Å². The normalized spacial score (nSPS) is 20.9. The first-order valence-electron chi connectivity index (χ1n) is 7.23. The minimum absolute atomic E-state index is 0. The van der Waals surface area contributed by atoms with E-state index in [1.54, 1.807) is 0 Å². The summed E-state index contributed by atoms with van der Waals surface area (Å²) in [5.41, 5.74) is 2.97. The number of hydrogen-bond acceptors (Lipinski definition) is 3. The van der Waals surface area contributed by atoms with Crippen LogP contribution in [-0.2, 0) is 11.3 Å². The van der Waals surface area contributed by atoms with Crippen LogP contribution in [0.25, 0.3) is 11.0 Å². The molecule has 2 heterocycles. The number of nitrogens with zero attached hydrogens (tertiary/aromatic N) is 2. The zero-order valence-corrected chi connectivity index (χ0v) is 13.4. The van der Waals surface area contributed by atoms with Gasteiger partial charge in [0.15, 0.2) is 0 Å². The van der Waals surface area contributed by atoms with Gasteiger partial charge >= 0.3 is 0 Å². The second-order valence-electron chi connectivity index (χ2n) is 5.45. The van der Waals surface area contributed by atoms with Crippen LogP contribution in [0.5, 0.6) is 0 Å². The molecule has 1 fully saturated rings. The molecule has 0 radical (unpaired) electrons. The molecule has 1 aliphatic heterocycles. The maximum Gasteiger partial charge on any atom is 0.243 e. The lowest BCUT2D eigenvalue weighted by Gasteiger charge is -2.11. The second kappa shape index (κ2) is 6.62. The number of rotatable bonds is 3. The summed E-state index contributed by atoms with van der Waals surface area (Å²) < 4.78 is 15.1. The number of anilines is 1. The number of amides is 1. The fourth-order valence-corrected chi connectivity index (χ4v) is 2.74. The van der Waals surface area contributed by atoms with Crippen molar-refractivity contribution in [2.24, 2.45) is 0 Å². The van der Waals surface area contributed by atoms with Gasteiger partial charge in [-0.2, -0.15) is 0 Å². The van der Waals surface area contributed by atoms with Crippen molar-refractivity contribution in [2.75, 3.05) is 11.9 Å². The Morgan fingerprint density at radius 2 is 2.32 bits per heavy atom. The fourth-order valence-electron chi connectivity index (χ4n) is 2.74. The van der Waals surface area contributed by atoms with Crippen LogP contribution in [0.1, 0.15) is 18.9 Å². The smallest absolute Gasteiger partial charge is 0.243 e. The molecule has 0 unspecified atom stereocenters. The molecule has 0 aliphatic carbocycles. The van der Waals surface area contributed by atoms with E-state index in [9.17, 15) is 9.18 Å². The van der Waals surface area contributed by atoms with E-state index in [2.05, 4.69) is 15.6 Å². The van der Waals surface area contributed by atoms with Crippen LogP contribution >= 0.6 is 12.4 Å². The van der Waals surface area contributed by atoms with Crippen LogP contribution in [-0.4, -0.2) is 34.2 Å². The van der Waals surface area contributed by atoms with Gasteiger partial charge in [-0.15, -0.1) is 12.4 Å². The number of carbonyl (C=O) groups excluding carboxylic acids is 1. The van der Waals surface area contributed by atoms with Gasteiger partial charge in [0, 0.05) is 19.5 Å². The van der Waals surface area contributed by atoms with E-state index < -0.39 is 12.2 Å². The molecule has 2 aromatic rings. The minimum atomic E-state index is -0.951. The summed E-state index contributed by atoms with van der Waals surface area (Å²) in [5, 5.41) is 5.70. The summed E-state index contributed by atoms with van der Waals surface area (Å²) in [4.78, 5) is 16.7. The number of benzene rings is 1. The van der Waals surface area contributed by atoms with Crippen molar-refractivity contribution in [3.63, 3.8) is 0 Å². The van der Waals surface area contributed by atoms with Crippen LogP contribution in [0.2, 0.25) is 0 Å². The highest BCUT2D eigenvalue weighted by Gasteiger charge is 2.30. The highest BCUT2D eigenvalue weighted by Crippen LogP contribution is 2.21. The Morgan fingerprint density at radius 1 is 1.55 bits per heavy atom. The lowest BCUT2D eigenvalue weighted by Crippen LogP contribution is -2.36. The van der Waals surface area contributed by atoms with Gasteiger partial charge in [-0.1, -0.05) is 6.07 Å². The van der Waals surface area contributed by atoms with Crippen molar-refractivity contribution in [1.29, 1.82) is 0 Å². The van der Waals surface area contributed by atoms with E-state index in [-0.39, 0.29) is 31.3 Å². The molecule has 5 nitrogen and oxygen atoms in total. The summed E-state index contributed by atoms with van der Waals surface area (Å²) in [6, 6.07) is 5.53. The lowest BCUT2D eigenvalue weighted by molar-refractivity contribution is -0.117. The molecule has 0 spiro atoms. The highest BCUT2D eigenvalue weighted by atomic mass is 35.5. The van der Waals surface area contributed by atoms with Gasteiger partial charge in [0.05, 0.1) is 17.1 Å². The molecular weight excluding hydrogens is 307 g/mol. The maximum atomic E-state index is 13.2. The summed E-state index contributed by atoms with van der Waals surface area (Å²) in [5.74, 6) is 0.295. The number of nitrogens with one attached hydrogen (secondary N) is 2. The number of imidazole rings is 1. The van der Waals surface area contributed by atoms with Crippen LogP contribution in [0.3, 0.4) is 0 Å². The van der Waals surface area contributed by atoms with Gasteiger partial charge in [-0.3, -0.25) is 10.1 Å². The Balaban J connectivity index is 0.00000176. The third kappa shape index (κ3) is 3.08. The van der Waals surface area contributed by atoms with Crippen molar-refractivity contribution < 1.29 is 9.18 Å². The molecule has 0 saturated carbocycles. The first-order chi connectivity index (χ1) is 10.1. The van der Waals surface area contributed by atoms with E-state index in [0.717, 1.165) is 16.6 Å². The average molecular weight is 327 g/mol. The molecule has 3 rings (SSSR count). The molecule has 22 heavy (non-hydrogen) atoms. The van der Waals surface area contributed by atoms with E-state index in [1.165, 1.54) is 0 Å². The Kier molecular flexibility index (Phi) is 5.03. The number of halogens is 2. The molecule has 1 aromatic carbocycles. The van der Waals surface area contributed by atoms with Gasteiger partial charge in [0.2, 0.25) is 11.9 Å². The van der Waals surface area contributed by atoms with Gasteiger partial charge < -0.3 is 9.88 Å². The highest BCUT2D eigenvalue weighted by molar-refractivity contribution is 5.95. The monoisotopic (exact) mass is 326 g/mol. The average Bonchev–Trinajstić information content (AvgIpc) is 3.01. The Morgan fingerprint density at radius 3 is 2.95 bits per heavy atom. The predicted octanol–water partition coefficient (Wildman–Crippen LogP) is 2.42. The van der Waals surface area contributed by atoms with Crippen molar-refractivity contribution in [1.82, 2.24) is 14.9 Å². The number of hydrogen-bond donors (Lipinski definition) is 2. The first-order valence-corrected chi connectivity index (χ1v) is 7.23. The molecule has 1 amide bonds. The van der Waals surface area contributed by atoms with Crippen LogP contribution in [0.4, 0.5) is 10.3 Å². The molecular formula is C15H20ClFN4O. The van der Waals surface area contributed by atoms with E-state index >= 15 is 0 Å².